The van der Waals surface area contributed by atoms with Crippen LogP contribution in [-0.2, 0) is 4.79 Å². The van der Waals surface area contributed by atoms with Gasteiger partial charge in [0.05, 0.1) is 11.3 Å². The Balaban J connectivity index is 2.02. The molecule has 0 heterocycles. The maximum Gasteiger partial charge on any atom is 0.252 e. The fourth-order valence-electron chi connectivity index (χ4n) is 2.44. The second-order valence-corrected chi connectivity index (χ2v) is 6.08. The highest BCUT2D eigenvalue weighted by molar-refractivity contribution is 8.00. The molecule has 2 rings (SSSR count). The summed E-state index contributed by atoms with van der Waals surface area (Å²) in [4.78, 5) is 24.0. The summed E-state index contributed by atoms with van der Waals surface area (Å²) in [6.45, 7) is 0. The SMILES string of the molecule is NC(=O)CSc1ccccc1C(=O)NC1CCCCC1. The van der Waals surface area contributed by atoms with Crippen molar-refractivity contribution in [3.63, 3.8) is 0 Å². The third-order valence-corrected chi connectivity index (χ3v) is 4.54. The molecule has 0 saturated heterocycles. The van der Waals surface area contributed by atoms with E-state index in [1.165, 1.54) is 31.0 Å². The number of carbonyl (C=O) groups is 2. The van der Waals surface area contributed by atoms with Crippen LogP contribution in [0, 0.1) is 0 Å². The quantitative estimate of drug-likeness (QED) is 0.818. The summed E-state index contributed by atoms with van der Waals surface area (Å²) in [5, 5.41) is 3.09. The molecule has 0 radical (unpaired) electrons. The molecule has 0 bridgehead atoms. The molecule has 0 atom stereocenters. The molecule has 2 amide bonds. The number of amides is 2. The van der Waals surface area contributed by atoms with Crippen LogP contribution in [0.4, 0.5) is 0 Å². The number of thioether (sulfide) groups is 1. The van der Waals surface area contributed by atoms with Gasteiger partial charge in [-0.2, -0.15) is 0 Å². The third kappa shape index (κ3) is 4.27. The number of primary amides is 1. The molecule has 0 spiro atoms. The molecule has 0 aromatic heterocycles. The Morgan fingerprint density at radius 1 is 1.20 bits per heavy atom. The van der Waals surface area contributed by atoms with Gasteiger partial charge in [0.2, 0.25) is 5.91 Å². The largest absolute Gasteiger partial charge is 0.369 e. The fraction of sp³-hybridized carbons (Fsp3) is 0.467. The number of hydrogen-bond acceptors (Lipinski definition) is 3. The molecule has 0 unspecified atom stereocenters. The van der Waals surface area contributed by atoms with E-state index in [9.17, 15) is 9.59 Å². The number of hydrogen-bond donors (Lipinski definition) is 2. The number of carbonyl (C=O) groups excluding carboxylic acids is 2. The predicted octanol–water partition coefficient (Wildman–Crippen LogP) is 2.33. The minimum Gasteiger partial charge on any atom is -0.369 e. The highest BCUT2D eigenvalue weighted by atomic mass is 32.2. The average molecular weight is 292 g/mol. The van der Waals surface area contributed by atoms with Gasteiger partial charge < -0.3 is 11.1 Å². The van der Waals surface area contributed by atoms with Gasteiger partial charge in [-0.15, -0.1) is 11.8 Å². The van der Waals surface area contributed by atoms with Crippen LogP contribution in [0.3, 0.4) is 0 Å². The Bertz CT molecular complexity index is 485. The van der Waals surface area contributed by atoms with E-state index in [4.69, 9.17) is 5.73 Å². The van der Waals surface area contributed by atoms with Crippen LogP contribution in [0.5, 0.6) is 0 Å². The van der Waals surface area contributed by atoms with Gasteiger partial charge >= 0.3 is 0 Å². The highest BCUT2D eigenvalue weighted by Gasteiger charge is 2.18. The molecule has 20 heavy (non-hydrogen) atoms. The van der Waals surface area contributed by atoms with Crippen LogP contribution in [-0.4, -0.2) is 23.6 Å². The van der Waals surface area contributed by atoms with Gasteiger partial charge in [-0.3, -0.25) is 9.59 Å². The average Bonchev–Trinajstić information content (AvgIpc) is 2.46. The van der Waals surface area contributed by atoms with E-state index in [2.05, 4.69) is 5.32 Å². The molecule has 0 aliphatic heterocycles. The smallest absolute Gasteiger partial charge is 0.252 e. The lowest BCUT2D eigenvalue weighted by Crippen LogP contribution is -2.36. The monoisotopic (exact) mass is 292 g/mol. The lowest BCUT2D eigenvalue weighted by atomic mass is 9.95. The van der Waals surface area contributed by atoms with E-state index in [0.29, 0.717) is 5.56 Å². The predicted molar refractivity (Wildman–Crippen MR) is 80.7 cm³/mol. The van der Waals surface area contributed by atoms with Gasteiger partial charge in [-0.1, -0.05) is 31.4 Å². The minimum atomic E-state index is -0.377. The zero-order valence-electron chi connectivity index (χ0n) is 11.4. The molecule has 4 nitrogen and oxygen atoms in total. The molecule has 108 valence electrons. The van der Waals surface area contributed by atoms with E-state index in [-0.39, 0.29) is 23.6 Å². The molecular weight excluding hydrogens is 272 g/mol. The summed E-state index contributed by atoms with van der Waals surface area (Å²) < 4.78 is 0. The molecule has 1 aliphatic rings. The standard InChI is InChI=1S/C15H20N2O2S/c16-14(18)10-20-13-9-5-4-8-12(13)15(19)17-11-6-2-1-3-7-11/h4-5,8-9,11H,1-3,6-7,10H2,(H2,16,18)(H,17,19). The van der Waals surface area contributed by atoms with Crippen LogP contribution in [0.15, 0.2) is 29.2 Å². The lowest BCUT2D eigenvalue weighted by Gasteiger charge is -2.23. The zero-order chi connectivity index (χ0) is 14.4. The van der Waals surface area contributed by atoms with Gasteiger partial charge in [-0.05, 0) is 25.0 Å². The van der Waals surface area contributed by atoms with Gasteiger partial charge in [0.1, 0.15) is 0 Å². The molecule has 1 aliphatic carbocycles. The van der Waals surface area contributed by atoms with Crippen LogP contribution >= 0.6 is 11.8 Å². The second kappa shape index (κ2) is 7.33. The Kier molecular flexibility index (Phi) is 5.47. The Labute approximate surface area is 123 Å². The molecule has 1 aromatic rings. The summed E-state index contributed by atoms with van der Waals surface area (Å²) in [6.07, 6.45) is 5.74. The summed E-state index contributed by atoms with van der Waals surface area (Å²) in [5.74, 6) is -0.241. The first-order valence-corrected chi connectivity index (χ1v) is 7.96. The van der Waals surface area contributed by atoms with Gasteiger partial charge in [0, 0.05) is 10.9 Å². The van der Waals surface area contributed by atoms with Crippen molar-refractivity contribution in [1.29, 1.82) is 0 Å². The molecule has 3 N–H and O–H groups in total. The van der Waals surface area contributed by atoms with Crippen molar-refractivity contribution >= 4 is 23.6 Å². The van der Waals surface area contributed by atoms with Gasteiger partial charge in [0.15, 0.2) is 0 Å². The van der Waals surface area contributed by atoms with E-state index in [1.54, 1.807) is 6.07 Å². The fourth-order valence-corrected chi connectivity index (χ4v) is 3.23. The molecule has 1 aromatic carbocycles. The maximum atomic E-state index is 12.3. The second-order valence-electron chi connectivity index (χ2n) is 5.06. The number of benzene rings is 1. The first-order valence-electron chi connectivity index (χ1n) is 6.98. The van der Waals surface area contributed by atoms with Crippen LogP contribution in [0.2, 0.25) is 0 Å². The Hall–Kier alpha value is -1.49. The Morgan fingerprint density at radius 3 is 2.60 bits per heavy atom. The van der Waals surface area contributed by atoms with E-state index >= 15 is 0 Å². The number of rotatable bonds is 5. The van der Waals surface area contributed by atoms with Gasteiger partial charge in [-0.25, -0.2) is 0 Å². The van der Waals surface area contributed by atoms with Crippen molar-refractivity contribution in [1.82, 2.24) is 5.32 Å². The van der Waals surface area contributed by atoms with Crippen LogP contribution in [0.1, 0.15) is 42.5 Å². The van der Waals surface area contributed by atoms with E-state index in [0.717, 1.165) is 17.7 Å². The van der Waals surface area contributed by atoms with Crippen molar-refractivity contribution in [2.24, 2.45) is 5.73 Å². The van der Waals surface area contributed by atoms with Crippen molar-refractivity contribution in [3.8, 4) is 0 Å². The number of nitrogens with two attached hydrogens (primary N) is 1. The first-order chi connectivity index (χ1) is 9.66. The van der Waals surface area contributed by atoms with Crippen molar-refractivity contribution in [2.75, 3.05) is 5.75 Å². The molecular formula is C15H20N2O2S. The van der Waals surface area contributed by atoms with Gasteiger partial charge in [0.25, 0.3) is 5.91 Å². The van der Waals surface area contributed by atoms with Crippen molar-refractivity contribution < 1.29 is 9.59 Å². The van der Waals surface area contributed by atoms with E-state index in [1.807, 2.05) is 18.2 Å². The minimum absolute atomic E-state index is 0.0514. The highest BCUT2D eigenvalue weighted by Crippen LogP contribution is 2.23. The number of nitrogens with one attached hydrogen (secondary N) is 1. The first kappa shape index (κ1) is 14.9. The molecule has 1 saturated carbocycles. The van der Waals surface area contributed by atoms with Crippen molar-refractivity contribution in [3.05, 3.63) is 29.8 Å². The normalized spacial score (nSPS) is 15.8. The summed E-state index contributed by atoms with van der Waals surface area (Å²) in [6, 6.07) is 7.63. The Morgan fingerprint density at radius 2 is 1.90 bits per heavy atom. The molecule has 1 fully saturated rings. The van der Waals surface area contributed by atoms with Crippen LogP contribution < -0.4 is 11.1 Å². The van der Waals surface area contributed by atoms with Crippen molar-refractivity contribution in [2.45, 2.75) is 43.0 Å². The summed E-state index contributed by atoms with van der Waals surface area (Å²) in [7, 11) is 0. The van der Waals surface area contributed by atoms with Crippen LogP contribution in [0.25, 0.3) is 0 Å². The summed E-state index contributed by atoms with van der Waals surface area (Å²) in [5.41, 5.74) is 5.78. The molecule has 5 heteroatoms. The topological polar surface area (TPSA) is 72.2 Å². The zero-order valence-corrected chi connectivity index (χ0v) is 12.2. The summed E-state index contributed by atoms with van der Waals surface area (Å²) >= 11 is 1.31. The third-order valence-electron chi connectivity index (χ3n) is 3.44. The lowest BCUT2D eigenvalue weighted by molar-refractivity contribution is -0.115. The maximum absolute atomic E-state index is 12.3. The van der Waals surface area contributed by atoms with E-state index < -0.39 is 0 Å².